The van der Waals surface area contributed by atoms with Crippen molar-refractivity contribution in [3.63, 3.8) is 0 Å². The molecule has 1 fully saturated rings. The van der Waals surface area contributed by atoms with Crippen molar-refractivity contribution in [3.05, 3.63) is 24.3 Å². The predicted molar refractivity (Wildman–Crippen MR) is 66.5 cm³/mol. The molecule has 0 radical (unpaired) electrons. The zero-order chi connectivity index (χ0) is 17.1. The maximum absolute atomic E-state index is 12.7. The fourth-order valence-corrected chi connectivity index (χ4v) is 1.69. The number of rotatable bonds is 3. The normalized spacial score (nSPS) is 16.1. The number of benzene rings is 1. The first-order chi connectivity index (χ1) is 10.7. The molecule has 2 rings (SSSR count). The van der Waals surface area contributed by atoms with Gasteiger partial charge in [0.1, 0.15) is 11.5 Å². The minimum absolute atomic E-state index is 0.0100. The number of carbonyl (C=O) groups is 1. The van der Waals surface area contributed by atoms with Gasteiger partial charge in [-0.3, -0.25) is 0 Å². The first-order valence-corrected chi connectivity index (χ1v) is 6.47. The van der Waals surface area contributed by atoms with Gasteiger partial charge >= 0.3 is 18.4 Å². The number of hydrogen-bond donors (Lipinski definition) is 0. The molecule has 128 valence electrons. The number of nitrogens with zero attached hydrogens (tertiary/aromatic N) is 1. The summed E-state index contributed by atoms with van der Waals surface area (Å²) in [6.45, 7) is 1.43. The average Bonchev–Trinajstić information content (AvgIpc) is 2.48. The molecule has 1 aliphatic heterocycles. The highest BCUT2D eigenvalue weighted by Crippen LogP contribution is 2.37. The van der Waals surface area contributed by atoms with Crippen LogP contribution >= 0.6 is 0 Å². The van der Waals surface area contributed by atoms with Crippen LogP contribution in [0.3, 0.4) is 0 Å². The number of halogens is 5. The summed E-state index contributed by atoms with van der Waals surface area (Å²) in [6.07, 6.45) is -11.8. The fraction of sp³-hybridized carbons (Fsp3) is 0.462. The Morgan fingerprint density at radius 1 is 1.00 bits per heavy atom. The summed E-state index contributed by atoms with van der Waals surface area (Å²) >= 11 is 0. The topological polar surface area (TPSA) is 48.0 Å². The van der Waals surface area contributed by atoms with Crippen LogP contribution in [0.15, 0.2) is 24.3 Å². The van der Waals surface area contributed by atoms with Gasteiger partial charge in [0.05, 0.1) is 13.2 Å². The summed E-state index contributed by atoms with van der Waals surface area (Å²) in [5.74, 6) is -0.720. The molecule has 1 aliphatic rings. The number of hydrogen-bond acceptors (Lipinski definition) is 4. The molecular weight excluding hydrogens is 329 g/mol. The van der Waals surface area contributed by atoms with Crippen molar-refractivity contribution in [2.24, 2.45) is 0 Å². The summed E-state index contributed by atoms with van der Waals surface area (Å²) in [7, 11) is 0. The molecule has 1 aromatic rings. The van der Waals surface area contributed by atoms with E-state index in [1.807, 2.05) is 0 Å². The van der Waals surface area contributed by atoms with E-state index in [9.17, 15) is 26.7 Å². The van der Waals surface area contributed by atoms with E-state index >= 15 is 0 Å². The Labute approximate surface area is 127 Å². The van der Waals surface area contributed by atoms with E-state index < -0.39 is 24.1 Å². The molecular formula is C13H12F5NO4. The minimum atomic E-state index is -5.82. The molecule has 0 spiro atoms. The van der Waals surface area contributed by atoms with E-state index in [0.29, 0.717) is 26.3 Å². The first kappa shape index (κ1) is 17.3. The molecule has 0 aromatic heterocycles. The van der Waals surface area contributed by atoms with Crippen LogP contribution in [0.4, 0.5) is 26.7 Å². The van der Waals surface area contributed by atoms with Crippen molar-refractivity contribution in [2.45, 2.75) is 12.3 Å². The highest BCUT2D eigenvalue weighted by Gasteiger charge is 2.61. The third-order valence-corrected chi connectivity index (χ3v) is 2.87. The second-order valence-electron chi connectivity index (χ2n) is 4.56. The summed E-state index contributed by atoms with van der Waals surface area (Å²) in [5, 5.41) is 0. The van der Waals surface area contributed by atoms with Gasteiger partial charge in [0, 0.05) is 13.1 Å². The SMILES string of the molecule is O=C(Oc1ccc(OC(F)(F)C(F)(F)F)cc1)N1CCOCC1. The van der Waals surface area contributed by atoms with Gasteiger partial charge in [0.2, 0.25) is 0 Å². The molecule has 0 saturated carbocycles. The fourth-order valence-electron chi connectivity index (χ4n) is 1.69. The molecule has 1 amide bonds. The Balaban J connectivity index is 1.95. The van der Waals surface area contributed by atoms with E-state index in [2.05, 4.69) is 4.74 Å². The largest absolute Gasteiger partial charge is 0.499 e. The quantitative estimate of drug-likeness (QED) is 0.793. The van der Waals surface area contributed by atoms with Crippen LogP contribution < -0.4 is 9.47 Å². The molecule has 0 aliphatic carbocycles. The van der Waals surface area contributed by atoms with Crippen molar-refractivity contribution in [1.82, 2.24) is 4.90 Å². The monoisotopic (exact) mass is 341 g/mol. The highest BCUT2D eigenvalue weighted by molar-refractivity contribution is 5.70. The van der Waals surface area contributed by atoms with Gasteiger partial charge in [-0.2, -0.15) is 22.0 Å². The Morgan fingerprint density at radius 3 is 2.04 bits per heavy atom. The van der Waals surface area contributed by atoms with Gasteiger partial charge < -0.3 is 19.1 Å². The third kappa shape index (κ3) is 4.44. The van der Waals surface area contributed by atoms with Crippen LogP contribution in [0.5, 0.6) is 11.5 Å². The molecule has 1 saturated heterocycles. The van der Waals surface area contributed by atoms with Crippen molar-refractivity contribution < 1.29 is 41.0 Å². The van der Waals surface area contributed by atoms with Gasteiger partial charge in [-0.1, -0.05) is 0 Å². The van der Waals surface area contributed by atoms with Crippen molar-refractivity contribution in [2.75, 3.05) is 26.3 Å². The summed E-state index contributed by atoms with van der Waals surface area (Å²) in [4.78, 5) is 13.1. The van der Waals surface area contributed by atoms with Crippen LogP contribution in [-0.4, -0.2) is 49.6 Å². The summed E-state index contributed by atoms with van der Waals surface area (Å²) in [6, 6.07) is 3.81. The third-order valence-electron chi connectivity index (χ3n) is 2.87. The lowest BCUT2D eigenvalue weighted by atomic mass is 10.3. The minimum Gasteiger partial charge on any atom is -0.426 e. The van der Waals surface area contributed by atoms with Crippen molar-refractivity contribution in [3.8, 4) is 11.5 Å². The van der Waals surface area contributed by atoms with E-state index in [1.54, 1.807) is 0 Å². The maximum atomic E-state index is 12.7. The standard InChI is InChI=1S/C13H12F5NO4/c14-12(15,16)13(17,18)23-10-3-1-9(2-4-10)22-11(20)19-5-7-21-8-6-19/h1-4H,5-8H2. The van der Waals surface area contributed by atoms with E-state index in [-0.39, 0.29) is 5.75 Å². The zero-order valence-corrected chi connectivity index (χ0v) is 11.6. The van der Waals surface area contributed by atoms with E-state index in [1.165, 1.54) is 4.90 Å². The van der Waals surface area contributed by atoms with E-state index in [0.717, 1.165) is 24.3 Å². The van der Waals surface area contributed by atoms with Crippen molar-refractivity contribution in [1.29, 1.82) is 0 Å². The Hall–Kier alpha value is -2.10. The van der Waals surface area contributed by atoms with Gasteiger partial charge in [-0.15, -0.1) is 0 Å². The van der Waals surface area contributed by atoms with Gasteiger partial charge in [-0.25, -0.2) is 4.79 Å². The lowest BCUT2D eigenvalue weighted by Crippen LogP contribution is -2.42. The number of ether oxygens (including phenoxy) is 3. The molecule has 10 heteroatoms. The molecule has 1 heterocycles. The Bertz CT molecular complexity index is 540. The second kappa shape index (κ2) is 6.57. The van der Waals surface area contributed by atoms with E-state index in [4.69, 9.17) is 9.47 Å². The number of carbonyl (C=O) groups excluding carboxylic acids is 1. The first-order valence-electron chi connectivity index (χ1n) is 6.47. The van der Waals surface area contributed by atoms with Crippen LogP contribution in [0.1, 0.15) is 0 Å². The van der Waals surface area contributed by atoms with Crippen LogP contribution in [0.25, 0.3) is 0 Å². The number of alkyl halides is 5. The Morgan fingerprint density at radius 2 is 1.52 bits per heavy atom. The van der Waals surface area contributed by atoms with Crippen LogP contribution in [0, 0.1) is 0 Å². The zero-order valence-electron chi connectivity index (χ0n) is 11.6. The van der Waals surface area contributed by atoms with Gasteiger partial charge in [0.15, 0.2) is 0 Å². The van der Waals surface area contributed by atoms with Crippen molar-refractivity contribution >= 4 is 6.09 Å². The molecule has 1 aromatic carbocycles. The number of morpholine rings is 1. The smallest absolute Gasteiger partial charge is 0.426 e. The predicted octanol–water partition coefficient (Wildman–Crippen LogP) is 3.05. The van der Waals surface area contributed by atoms with Crippen LogP contribution in [-0.2, 0) is 4.74 Å². The van der Waals surface area contributed by atoms with Crippen LogP contribution in [0.2, 0.25) is 0 Å². The molecule has 0 atom stereocenters. The second-order valence-corrected chi connectivity index (χ2v) is 4.56. The molecule has 0 unspecified atom stereocenters. The average molecular weight is 341 g/mol. The number of amides is 1. The maximum Gasteiger partial charge on any atom is 0.499 e. The highest BCUT2D eigenvalue weighted by atomic mass is 19.4. The molecule has 23 heavy (non-hydrogen) atoms. The molecule has 0 bridgehead atoms. The lowest BCUT2D eigenvalue weighted by Gasteiger charge is -2.25. The lowest BCUT2D eigenvalue weighted by molar-refractivity contribution is -0.360. The molecule has 5 nitrogen and oxygen atoms in total. The Kier molecular flexibility index (Phi) is 4.93. The summed E-state index contributed by atoms with van der Waals surface area (Å²) in [5.41, 5.74) is 0. The van der Waals surface area contributed by atoms with Gasteiger partial charge in [-0.05, 0) is 24.3 Å². The molecule has 0 N–H and O–H groups in total. The van der Waals surface area contributed by atoms with Gasteiger partial charge in [0.25, 0.3) is 0 Å². The summed E-state index contributed by atoms with van der Waals surface area (Å²) < 4.78 is 75.1.